The van der Waals surface area contributed by atoms with Crippen LogP contribution in [-0.2, 0) is 16.3 Å². The minimum Gasteiger partial charge on any atom is -0.413 e. The van der Waals surface area contributed by atoms with Crippen molar-refractivity contribution in [2.45, 2.75) is 0 Å². The maximum atomic E-state index is 5.56. The van der Waals surface area contributed by atoms with E-state index in [1.807, 2.05) is 0 Å². The van der Waals surface area contributed by atoms with Gasteiger partial charge in [0.2, 0.25) is 5.88 Å². The molecule has 0 bridgehead atoms. The lowest BCUT2D eigenvalue weighted by Gasteiger charge is -2.15. The SMILES string of the molecule is COP(N)(=S)Oc1ncc(Br)cc1Br. The third-order valence-electron chi connectivity index (χ3n) is 1.24. The summed E-state index contributed by atoms with van der Waals surface area (Å²) in [6, 6.07) is 1.79. The lowest BCUT2D eigenvalue weighted by atomic mass is 10.5. The predicted octanol–water partition coefficient (Wildman–Crippen LogP) is 2.82. The molecule has 0 radical (unpaired) electrons. The highest BCUT2D eigenvalue weighted by atomic mass is 79.9. The molecule has 1 heterocycles. The number of hydrogen-bond donors (Lipinski definition) is 1. The molecule has 0 saturated carbocycles. The van der Waals surface area contributed by atoms with Crippen molar-refractivity contribution in [3.63, 3.8) is 0 Å². The van der Waals surface area contributed by atoms with Gasteiger partial charge in [-0.3, -0.25) is 0 Å². The fourth-order valence-corrected chi connectivity index (χ4v) is 2.49. The molecular formula is C6H7Br2N2O2PS. The van der Waals surface area contributed by atoms with E-state index in [1.165, 1.54) is 7.11 Å². The number of hydrogen-bond acceptors (Lipinski definition) is 4. The molecule has 0 spiro atoms. The van der Waals surface area contributed by atoms with E-state index in [1.54, 1.807) is 12.3 Å². The van der Waals surface area contributed by atoms with Crippen LogP contribution in [0.5, 0.6) is 5.88 Å². The Balaban J connectivity index is 2.93. The van der Waals surface area contributed by atoms with Crippen LogP contribution in [-0.4, -0.2) is 12.1 Å². The standard InChI is InChI=1S/C6H7Br2N2O2PS/c1-11-13(9,14)12-6-5(8)2-4(7)3-10-6/h2-3H,1H3,(H2,9,14). The van der Waals surface area contributed by atoms with Gasteiger partial charge in [0.05, 0.1) is 4.47 Å². The van der Waals surface area contributed by atoms with Crippen LogP contribution in [0.4, 0.5) is 0 Å². The summed E-state index contributed by atoms with van der Waals surface area (Å²) in [6.45, 7) is -2.71. The van der Waals surface area contributed by atoms with Crippen molar-refractivity contribution in [3.8, 4) is 5.88 Å². The molecule has 2 N–H and O–H groups in total. The molecule has 1 rings (SSSR count). The molecule has 1 aromatic rings. The van der Waals surface area contributed by atoms with E-state index in [9.17, 15) is 0 Å². The second kappa shape index (κ2) is 5.01. The molecule has 1 unspecified atom stereocenters. The molecule has 0 amide bonds. The molecule has 1 atom stereocenters. The van der Waals surface area contributed by atoms with Crippen LogP contribution in [0.25, 0.3) is 0 Å². The van der Waals surface area contributed by atoms with E-state index < -0.39 is 6.64 Å². The number of aromatic nitrogens is 1. The molecular weight excluding hydrogens is 355 g/mol. The average molecular weight is 362 g/mol. The first-order valence-electron chi connectivity index (χ1n) is 3.39. The third kappa shape index (κ3) is 3.56. The lowest BCUT2D eigenvalue weighted by molar-refractivity contribution is 0.387. The zero-order valence-electron chi connectivity index (χ0n) is 7.11. The van der Waals surface area contributed by atoms with Gasteiger partial charge in [-0.25, -0.2) is 10.5 Å². The highest BCUT2D eigenvalue weighted by Crippen LogP contribution is 2.41. The Hall–Kier alpha value is 0.480. The maximum absolute atomic E-state index is 5.56. The Morgan fingerprint density at radius 1 is 1.57 bits per heavy atom. The van der Waals surface area contributed by atoms with Gasteiger partial charge in [-0.1, -0.05) is 0 Å². The van der Waals surface area contributed by atoms with Crippen LogP contribution in [0.1, 0.15) is 0 Å². The zero-order valence-corrected chi connectivity index (χ0v) is 12.0. The van der Waals surface area contributed by atoms with E-state index in [0.29, 0.717) is 10.4 Å². The van der Waals surface area contributed by atoms with E-state index in [0.717, 1.165) is 4.47 Å². The first-order valence-corrected chi connectivity index (χ1v) is 7.69. The lowest BCUT2D eigenvalue weighted by Crippen LogP contribution is -2.05. The molecule has 0 saturated heterocycles. The van der Waals surface area contributed by atoms with E-state index in [-0.39, 0.29) is 0 Å². The molecule has 0 aliphatic carbocycles. The quantitative estimate of drug-likeness (QED) is 0.839. The van der Waals surface area contributed by atoms with Crippen molar-refractivity contribution >= 4 is 50.3 Å². The summed E-state index contributed by atoms with van der Waals surface area (Å²) in [5.41, 5.74) is 5.56. The van der Waals surface area contributed by atoms with Crippen LogP contribution >= 0.6 is 38.5 Å². The van der Waals surface area contributed by atoms with Crippen molar-refractivity contribution in [2.75, 3.05) is 7.11 Å². The van der Waals surface area contributed by atoms with Gasteiger partial charge in [-0.05, 0) is 49.7 Å². The van der Waals surface area contributed by atoms with Crippen molar-refractivity contribution < 1.29 is 9.05 Å². The van der Waals surface area contributed by atoms with Crippen LogP contribution < -0.4 is 10.0 Å². The molecule has 8 heteroatoms. The maximum Gasteiger partial charge on any atom is 0.311 e. The zero-order chi connectivity index (χ0) is 10.8. The summed E-state index contributed by atoms with van der Waals surface area (Å²) in [6.07, 6.45) is 1.59. The fourth-order valence-electron chi connectivity index (χ4n) is 0.627. The fraction of sp³-hybridized carbons (Fsp3) is 0.167. The smallest absolute Gasteiger partial charge is 0.311 e. The van der Waals surface area contributed by atoms with E-state index in [4.69, 9.17) is 26.4 Å². The summed E-state index contributed by atoms with van der Waals surface area (Å²) in [7, 11) is 1.41. The van der Waals surface area contributed by atoms with E-state index in [2.05, 4.69) is 36.8 Å². The molecule has 0 fully saturated rings. The van der Waals surface area contributed by atoms with Gasteiger partial charge in [0, 0.05) is 17.8 Å². The molecule has 78 valence electrons. The summed E-state index contributed by atoms with van der Waals surface area (Å²) in [5, 5.41) is 0. The average Bonchev–Trinajstić information content (AvgIpc) is 2.10. The largest absolute Gasteiger partial charge is 0.413 e. The topological polar surface area (TPSA) is 57.4 Å². The summed E-state index contributed by atoms with van der Waals surface area (Å²) in [5.74, 6) is 0.334. The Labute approximate surface area is 104 Å². The summed E-state index contributed by atoms with van der Waals surface area (Å²) >= 11 is 11.4. The van der Waals surface area contributed by atoms with Crippen LogP contribution in [0.2, 0.25) is 0 Å². The Kier molecular flexibility index (Phi) is 4.49. The first kappa shape index (κ1) is 12.5. The van der Waals surface area contributed by atoms with Gasteiger partial charge in [0.1, 0.15) is 0 Å². The number of rotatable bonds is 3. The minimum atomic E-state index is -2.71. The van der Waals surface area contributed by atoms with Crippen molar-refractivity contribution in [1.29, 1.82) is 0 Å². The molecule has 0 aliphatic rings. The molecule has 0 aromatic carbocycles. The Bertz CT molecular complexity index is 390. The second-order valence-electron chi connectivity index (χ2n) is 2.25. The van der Waals surface area contributed by atoms with Crippen LogP contribution in [0.15, 0.2) is 21.2 Å². The second-order valence-corrected chi connectivity index (χ2v) is 7.18. The van der Waals surface area contributed by atoms with Gasteiger partial charge in [-0.15, -0.1) is 0 Å². The number of halogens is 2. The number of nitrogens with two attached hydrogens (primary N) is 1. The van der Waals surface area contributed by atoms with Crippen LogP contribution in [0.3, 0.4) is 0 Å². The predicted molar refractivity (Wildman–Crippen MR) is 65.7 cm³/mol. The third-order valence-corrected chi connectivity index (χ3v) is 3.85. The first-order chi connectivity index (χ1) is 6.44. The molecule has 0 aliphatic heterocycles. The monoisotopic (exact) mass is 360 g/mol. The summed E-state index contributed by atoms with van der Waals surface area (Å²) in [4.78, 5) is 4.00. The number of pyridine rings is 1. The normalized spacial score (nSPS) is 14.9. The molecule has 14 heavy (non-hydrogen) atoms. The van der Waals surface area contributed by atoms with Crippen molar-refractivity contribution in [2.24, 2.45) is 5.50 Å². The molecule has 4 nitrogen and oxygen atoms in total. The Morgan fingerprint density at radius 2 is 2.21 bits per heavy atom. The van der Waals surface area contributed by atoms with Gasteiger partial charge in [0.15, 0.2) is 0 Å². The molecule has 1 aromatic heterocycles. The van der Waals surface area contributed by atoms with E-state index >= 15 is 0 Å². The number of nitrogens with zero attached hydrogens (tertiary/aromatic N) is 1. The van der Waals surface area contributed by atoms with Crippen molar-refractivity contribution in [1.82, 2.24) is 4.98 Å². The van der Waals surface area contributed by atoms with Crippen molar-refractivity contribution in [3.05, 3.63) is 21.2 Å². The van der Waals surface area contributed by atoms with Gasteiger partial charge in [-0.2, -0.15) is 0 Å². The minimum absolute atomic E-state index is 0.334. The Morgan fingerprint density at radius 3 is 2.71 bits per heavy atom. The highest BCUT2D eigenvalue weighted by molar-refractivity contribution is 9.11. The highest BCUT2D eigenvalue weighted by Gasteiger charge is 2.15. The van der Waals surface area contributed by atoms with Gasteiger partial charge < -0.3 is 9.05 Å². The van der Waals surface area contributed by atoms with Crippen LogP contribution in [0, 0.1) is 0 Å². The van der Waals surface area contributed by atoms with Gasteiger partial charge >= 0.3 is 6.64 Å². The van der Waals surface area contributed by atoms with Gasteiger partial charge in [0.25, 0.3) is 0 Å². The summed E-state index contributed by atoms with van der Waals surface area (Å²) < 4.78 is 11.6.